The SMILES string of the molecule is CC(NC(=O)c1ccc(C(=O)Nc2ccc(F)c(F)c2F)cc1)c1ccccc1. The minimum absolute atomic E-state index is 0.127. The maximum Gasteiger partial charge on any atom is 0.255 e. The molecule has 7 heteroatoms. The third-order valence-corrected chi connectivity index (χ3v) is 4.34. The largest absolute Gasteiger partial charge is 0.346 e. The maximum absolute atomic E-state index is 13.7. The summed E-state index contributed by atoms with van der Waals surface area (Å²) in [5.74, 6) is -5.54. The van der Waals surface area contributed by atoms with E-state index in [0.717, 1.165) is 17.7 Å². The number of benzene rings is 3. The first-order chi connectivity index (χ1) is 13.9. The highest BCUT2D eigenvalue weighted by atomic mass is 19.2. The summed E-state index contributed by atoms with van der Waals surface area (Å²) in [6.45, 7) is 1.85. The first-order valence-corrected chi connectivity index (χ1v) is 8.77. The minimum atomic E-state index is -1.66. The number of carbonyl (C=O) groups excluding carboxylic acids is 2. The van der Waals surface area contributed by atoms with E-state index >= 15 is 0 Å². The molecule has 0 bridgehead atoms. The van der Waals surface area contributed by atoms with E-state index in [-0.39, 0.29) is 17.5 Å². The molecule has 0 aliphatic heterocycles. The van der Waals surface area contributed by atoms with Crippen molar-refractivity contribution in [1.29, 1.82) is 0 Å². The fraction of sp³-hybridized carbons (Fsp3) is 0.0909. The van der Waals surface area contributed by atoms with Crippen LogP contribution in [0.5, 0.6) is 0 Å². The van der Waals surface area contributed by atoms with Crippen molar-refractivity contribution < 1.29 is 22.8 Å². The number of hydrogen-bond acceptors (Lipinski definition) is 2. The van der Waals surface area contributed by atoms with E-state index < -0.39 is 29.0 Å². The van der Waals surface area contributed by atoms with Crippen LogP contribution in [0.25, 0.3) is 0 Å². The van der Waals surface area contributed by atoms with Crippen molar-refractivity contribution in [2.24, 2.45) is 0 Å². The van der Waals surface area contributed by atoms with E-state index in [1.54, 1.807) is 0 Å². The van der Waals surface area contributed by atoms with E-state index in [2.05, 4.69) is 10.6 Å². The van der Waals surface area contributed by atoms with Crippen LogP contribution in [0.2, 0.25) is 0 Å². The van der Waals surface area contributed by atoms with Gasteiger partial charge in [0, 0.05) is 11.1 Å². The second-order valence-electron chi connectivity index (χ2n) is 6.36. The maximum atomic E-state index is 13.7. The zero-order chi connectivity index (χ0) is 21.0. The Bertz CT molecular complexity index is 1040. The third kappa shape index (κ3) is 4.63. The Labute approximate surface area is 165 Å². The van der Waals surface area contributed by atoms with Gasteiger partial charge in [0.2, 0.25) is 0 Å². The molecule has 1 unspecified atom stereocenters. The lowest BCUT2D eigenvalue weighted by Crippen LogP contribution is -2.26. The van der Waals surface area contributed by atoms with Crippen LogP contribution < -0.4 is 10.6 Å². The average Bonchev–Trinajstić information content (AvgIpc) is 2.74. The zero-order valence-electron chi connectivity index (χ0n) is 15.4. The van der Waals surface area contributed by atoms with E-state index in [0.29, 0.717) is 5.56 Å². The summed E-state index contributed by atoms with van der Waals surface area (Å²) in [6, 6.07) is 16.5. The highest BCUT2D eigenvalue weighted by molar-refractivity contribution is 6.05. The monoisotopic (exact) mass is 398 g/mol. The van der Waals surface area contributed by atoms with E-state index in [1.807, 2.05) is 37.3 Å². The first-order valence-electron chi connectivity index (χ1n) is 8.77. The molecule has 3 aromatic carbocycles. The van der Waals surface area contributed by atoms with Gasteiger partial charge in [0.05, 0.1) is 11.7 Å². The summed E-state index contributed by atoms with van der Waals surface area (Å²) in [4.78, 5) is 24.6. The average molecular weight is 398 g/mol. The van der Waals surface area contributed by atoms with Crippen LogP contribution in [0.3, 0.4) is 0 Å². The van der Waals surface area contributed by atoms with Crippen molar-refractivity contribution in [2.45, 2.75) is 13.0 Å². The number of hydrogen-bond donors (Lipinski definition) is 2. The fourth-order valence-electron chi connectivity index (χ4n) is 2.69. The lowest BCUT2D eigenvalue weighted by Gasteiger charge is -2.14. The topological polar surface area (TPSA) is 58.2 Å². The lowest BCUT2D eigenvalue weighted by atomic mass is 10.1. The second-order valence-corrected chi connectivity index (χ2v) is 6.36. The quantitative estimate of drug-likeness (QED) is 0.604. The third-order valence-electron chi connectivity index (χ3n) is 4.34. The van der Waals surface area contributed by atoms with Crippen LogP contribution in [0.1, 0.15) is 39.2 Å². The molecule has 0 saturated carbocycles. The van der Waals surface area contributed by atoms with Crippen molar-refractivity contribution in [3.63, 3.8) is 0 Å². The Morgan fingerprint density at radius 1 is 0.759 bits per heavy atom. The van der Waals surface area contributed by atoms with Gasteiger partial charge in [0.15, 0.2) is 17.5 Å². The highest BCUT2D eigenvalue weighted by Gasteiger charge is 2.17. The number of halogens is 3. The van der Waals surface area contributed by atoms with Crippen LogP contribution >= 0.6 is 0 Å². The molecule has 0 aliphatic rings. The molecule has 0 heterocycles. The van der Waals surface area contributed by atoms with Crippen LogP contribution in [0, 0.1) is 17.5 Å². The van der Waals surface area contributed by atoms with Crippen LogP contribution in [-0.4, -0.2) is 11.8 Å². The van der Waals surface area contributed by atoms with Gasteiger partial charge >= 0.3 is 0 Å². The molecule has 29 heavy (non-hydrogen) atoms. The Morgan fingerprint density at radius 3 is 1.97 bits per heavy atom. The smallest absolute Gasteiger partial charge is 0.255 e. The van der Waals surface area contributed by atoms with Crippen LogP contribution in [-0.2, 0) is 0 Å². The molecule has 0 saturated heterocycles. The molecule has 1 atom stereocenters. The second kappa shape index (κ2) is 8.60. The molecule has 0 aromatic heterocycles. The lowest BCUT2D eigenvalue weighted by molar-refractivity contribution is 0.0938. The summed E-state index contributed by atoms with van der Waals surface area (Å²) in [5, 5.41) is 5.03. The van der Waals surface area contributed by atoms with Crippen molar-refractivity contribution in [2.75, 3.05) is 5.32 Å². The number of anilines is 1. The Balaban J connectivity index is 1.67. The van der Waals surface area contributed by atoms with Crippen molar-refractivity contribution >= 4 is 17.5 Å². The fourth-order valence-corrected chi connectivity index (χ4v) is 2.69. The van der Waals surface area contributed by atoms with Gasteiger partial charge < -0.3 is 10.6 Å². The van der Waals surface area contributed by atoms with Crippen LogP contribution in [0.15, 0.2) is 66.7 Å². The Morgan fingerprint density at radius 2 is 1.34 bits per heavy atom. The van der Waals surface area contributed by atoms with Gasteiger partial charge in [-0.25, -0.2) is 13.2 Å². The Hall–Kier alpha value is -3.61. The summed E-state index contributed by atoms with van der Waals surface area (Å²) in [6.07, 6.45) is 0. The predicted octanol–water partition coefficient (Wildman–Crippen LogP) is 4.85. The minimum Gasteiger partial charge on any atom is -0.346 e. The Kier molecular flexibility index (Phi) is 5.97. The number of nitrogens with one attached hydrogen (secondary N) is 2. The zero-order valence-corrected chi connectivity index (χ0v) is 15.4. The predicted molar refractivity (Wildman–Crippen MR) is 103 cm³/mol. The van der Waals surface area contributed by atoms with Crippen molar-refractivity contribution in [3.05, 3.63) is 101 Å². The molecule has 0 radical (unpaired) electrons. The van der Waals surface area contributed by atoms with Crippen molar-refractivity contribution in [3.8, 4) is 0 Å². The molecule has 0 fully saturated rings. The molecule has 4 nitrogen and oxygen atoms in total. The molecule has 3 aromatic rings. The molecule has 0 aliphatic carbocycles. The molecular weight excluding hydrogens is 381 g/mol. The molecule has 2 N–H and O–H groups in total. The van der Waals surface area contributed by atoms with Gasteiger partial charge in [-0.15, -0.1) is 0 Å². The number of amides is 2. The summed E-state index contributed by atoms with van der Waals surface area (Å²) >= 11 is 0. The van der Waals surface area contributed by atoms with E-state index in [1.165, 1.54) is 24.3 Å². The highest BCUT2D eigenvalue weighted by Crippen LogP contribution is 2.20. The van der Waals surface area contributed by atoms with Gasteiger partial charge in [0.25, 0.3) is 11.8 Å². The summed E-state index contributed by atoms with van der Waals surface area (Å²) < 4.78 is 39.9. The first kappa shape index (κ1) is 20.1. The summed E-state index contributed by atoms with van der Waals surface area (Å²) in [5.41, 5.74) is 0.933. The molecule has 0 spiro atoms. The summed E-state index contributed by atoms with van der Waals surface area (Å²) in [7, 11) is 0. The van der Waals surface area contributed by atoms with Gasteiger partial charge in [-0.2, -0.15) is 0 Å². The normalized spacial score (nSPS) is 11.6. The van der Waals surface area contributed by atoms with Gasteiger partial charge in [-0.1, -0.05) is 30.3 Å². The molecule has 2 amide bonds. The van der Waals surface area contributed by atoms with Crippen molar-refractivity contribution in [1.82, 2.24) is 5.32 Å². The van der Waals surface area contributed by atoms with Gasteiger partial charge in [0.1, 0.15) is 0 Å². The molecular formula is C22H17F3N2O2. The number of carbonyl (C=O) groups is 2. The molecule has 3 rings (SSSR count). The van der Waals surface area contributed by atoms with Gasteiger partial charge in [-0.3, -0.25) is 9.59 Å². The van der Waals surface area contributed by atoms with Gasteiger partial charge in [-0.05, 0) is 48.9 Å². The molecule has 148 valence electrons. The van der Waals surface area contributed by atoms with Crippen LogP contribution in [0.4, 0.5) is 18.9 Å². The number of rotatable bonds is 5. The van der Waals surface area contributed by atoms with E-state index in [4.69, 9.17) is 0 Å². The standard InChI is InChI=1S/C22H17F3N2O2/c1-13(14-5-3-2-4-6-14)26-21(28)15-7-9-16(10-8-15)22(29)27-18-12-11-17(23)19(24)20(18)25/h2-13H,1H3,(H,26,28)(H,27,29). The van der Waals surface area contributed by atoms with E-state index in [9.17, 15) is 22.8 Å².